The highest BCUT2D eigenvalue weighted by Crippen LogP contribution is 2.17. The molecule has 1 aromatic carbocycles. The van der Waals surface area contributed by atoms with Crippen LogP contribution in [0.1, 0.15) is 32.4 Å². The molecule has 0 bridgehead atoms. The average molecular weight is 235 g/mol. The third-order valence-electron chi connectivity index (χ3n) is 2.66. The average Bonchev–Trinajstić information content (AvgIpc) is 2.36. The van der Waals surface area contributed by atoms with Gasteiger partial charge in [0.25, 0.3) is 0 Å². The minimum Gasteiger partial charge on any atom is -0.458 e. The van der Waals surface area contributed by atoms with Crippen LogP contribution in [0.25, 0.3) is 0 Å². The van der Waals surface area contributed by atoms with E-state index in [1.807, 2.05) is 51.1 Å². The standard InChI is InChI=1S/C14H21NO2/c1-4-15-10-11(2)14(16)17-12(3)13-8-6-5-7-9-13/h5-9,11-12,15H,4,10H2,1-3H3. The molecule has 1 rings (SSSR count). The summed E-state index contributed by atoms with van der Waals surface area (Å²) in [6.07, 6.45) is -0.187. The van der Waals surface area contributed by atoms with Gasteiger partial charge in [-0.2, -0.15) is 0 Å². The topological polar surface area (TPSA) is 38.3 Å². The summed E-state index contributed by atoms with van der Waals surface area (Å²) in [7, 11) is 0. The molecule has 0 aromatic heterocycles. The van der Waals surface area contributed by atoms with Crippen molar-refractivity contribution in [2.75, 3.05) is 13.1 Å². The fraction of sp³-hybridized carbons (Fsp3) is 0.500. The minimum absolute atomic E-state index is 0.110. The van der Waals surface area contributed by atoms with E-state index in [9.17, 15) is 4.79 Å². The Labute approximate surface area is 103 Å². The van der Waals surface area contributed by atoms with Gasteiger partial charge < -0.3 is 10.1 Å². The monoisotopic (exact) mass is 235 g/mol. The van der Waals surface area contributed by atoms with Gasteiger partial charge in [-0.15, -0.1) is 0 Å². The van der Waals surface area contributed by atoms with Gasteiger partial charge in [-0.05, 0) is 19.0 Å². The van der Waals surface area contributed by atoms with Crippen LogP contribution >= 0.6 is 0 Å². The maximum atomic E-state index is 11.8. The molecule has 0 aliphatic carbocycles. The molecule has 3 nitrogen and oxygen atoms in total. The third kappa shape index (κ3) is 4.57. The van der Waals surface area contributed by atoms with E-state index < -0.39 is 0 Å². The number of rotatable bonds is 6. The summed E-state index contributed by atoms with van der Waals surface area (Å²) < 4.78 is 5.42. The number of esters is 1. The number of carbonyl (C=O) groups excluding carboxylic acids is 1. The highest BCUT2D eigenvalue weighted by atomic mass is 16.5. The first-order valence-electron chi connectivity index (χ1n) is 6.11. The molecule has 94 valence electrons. The largest absolute Gasteiger partial charge is 0.458 e. The molecule has 3 heteroatoms. The van der Waals surface area contributed by atoms with Crippen molar-refractivity contribution in [3.63, 3.8) is 0 Å². The number of carbonyl (C=O) groups is 1. The van der Waals surface area contributed by atoms with Crippen LogP contribution in [0.15, 0.2) is 30.3 Å². The van der Waals surface area contributed by atoms with Crippen molar-refractivity contribution in [1.29, 1.82) is 0 Å². The molecule has 1 N–H and O–H groups in total. The molecule has 0 saturated carbocycles. The molecule has 0 heterocycles. The Morgan fingerprint density at radius 2 is 1.94 bits per heavy atom. The predicted molar refractivity (Wildman–Crippen MR) is 68.7 cm³/mol. The second kappa shape index (κ2) is 7.07. The van der Waals surface area contributed by atoms with E-state index in [-0.39, 0.29) is 18.0 Å². The normalized spacial score (nSPS) is 14.1. The Morgan fingerprint density at radius 1 is 1.29 bits per heavy atom. The SMILES string of the molecule is CCNCC(C)C(=O)OC(C)c1ccccc1. The van der Waals surface area contributed by atoms with Crippen molar-refractivity contribution in [3.05, 3.63) is 35.9 Å². The fourth-order valence-electron chi connectivity index (χ4n) is 1.53. The second-order valence-corrected chi connectivity index (χ2v) is 4.20. The van der Waals surface area contributed by atoms with Gasteiger partial charge in [-0.3, -0.25) is 4.79 Å². The summed E-state index contributed by atoms with van der Waals surface area (Å²) in [6, 6.07) is 9.77. The van der Waals surface area contributed by atoms with E-state index in [0.717, 1.165) is 12.1 Å². The zero-order chi connectivity index (χ0) is 12.7. The summed E-state index contributed by atoms with van der Waals surface area (Å²) in [5.74, 6) is -0.261. The van der Waals surface area contributed by atoms with Gasteiger partial charge in [-0.25, -0.2) is 0 Å². The lowest BCUT2D eigenvalue weighted by Gasteiger charge is -2.17. The zero-order valence-electron chi connectivity index (χ0n) is 10.8. The maximum Gasteiger partial charge on any atom is 0.310 e. The fourth-order valence-corrected chi connectivity index (χ4v) is 1.53. The van der Waals surface area contributed by atoms with E-state index in [1.165, 1.54) is 0 Å². The van der Waals surface area contributed by atoms with Crippen molar-refractivity contribution < 1.29 is 9.53 Å². The Kier molecular flexibility index (Phi) is 5.70. The van der Waals surface area contributed by atoms with Gasteiger partial charge >= 0.3 is 5.97 Å². The van der Waals surface area contributed by atoms with E-state index in [2.05, 4.69) is 5.32 Å². The molecule has 0 amide bonds. The maximum absolute atomic E-state index is 11.8. The molecule has 0 aliphatic heterocycles. The van der Waals surface area contributed by atoms with Crippen molar-refractivity contribution in [2.45, 2.75) is 26.9 Å². The first kappa shape index (κ1) is 13.7. The van der Waals surface area contributed by atoms with Crippen LogP contribution in [0.2, 0.25) is 0 Å². The van der Waals surface area contributed by atoms with Crippen LogP contribution in [-0.2, 0) is 9.53 Å². The van der Waals surface area contributed by atoms with Crippen LogP contribution in [0.3, 0.4) is 0 Å². The lowest BCUT2D eigenvalue weighted by atomic mass is 10.1. The number of benzene rings is 1. The summed E-state index contributed by atoms with van der Waals surface area (Å²) in [5.41, 5.74) is 1.02. The minimum atomic E-state index is -0.187. The molecule has 0 aliphatic rings. The van der Waals surface area contributed by atoms with E-state index in [0.29, 0.717) is 6.54 Å². The van der Waals surface area contributed by atoms with Gasteiger partial charge in [0.15, 0.2) is 0 Å². The van der Waals surface area contributed by atoms with Crippen molar-refractivity contribution in [3.8, 4) is 0 Å². The molecule has 2 unspecified atom stereocenters. The summed E-state index contributed by atoms with van der Waals surface area (Å²) >= 11 is 0. The Hall–Kier alpha value is -1.35. The molecule has 0 fully saturated rings. The number of hydrogen-bond acceptors (Lipinski definition) is 3. The highest BCUT2D eigenvalue weighted by molar-refractivity contribution is 5.72. The van der Waals surface area contributed by atoms with Crippen LogP contribution in [0.4, 0.5) is 0 Å². The molecule has 2 atom stereocenters. The number of ether oxygens (including phenoxy) is 1. The lowest BCUT2D eigenvalue weighted by molar-refractivity contribution is -0.152. The second-order valence-electron chi connectivity index (χ2n) is 4.20. The molecule has 17 heavy (non-hydrogen) atoms. The molecule has 0 saturated heterocycles. The number of nitrogens with one attached hydrogen (secondary N) is 1. The lowest BCUT2D eigenvalue weighted by Crippen LogP contribution is -2.28. The van der Waals surface area contributed by atoms with Gasteiger partial charge in [0.1, 0.15) is 6.10 Å². The van der Waals surface area contributed by atoms with Gasteiger partial charge in [0, 0.05) is 6.54 Å². The predicted octanol–water partition coefficient (Wildman–Crippen LogP) is 2.54. The van der Waals surface area contributed by atoms with E-state index in [1.54, 1.807) is 0 Å². The third-order valence-corrected chi connectivity index (χ3v) is 2.66. The van der Waals surface area contributed by atoms with Crippen LogP contribution < -0.4 is 5.32 Å². The zero-order valence-corrected chi connectivity index (χ0v) is 10.8. The van der Waals surface area contributed by atoms with Gasteiger partial charge in [-0.1, -0.05) is 44.2 Å². The highest BCUT2D eigenvalue weighted by Gasteiger charge is 2.17. The first-order chi connectivity index (χ1) is 8.15. The van der Waals surface area contributed by atoms with Crippen molar-refractivity contribution in [1.82, 2.24) is 5.32 Å². The van der Waals surface area contributed by atoms with Crippen molar-refractivity contribution in [2.24, 2.45) is 5.92 Å². The summed E-state index contributed by atoms with van der Waals surface area (Å²) in [6.45, 7) is 7.32. The molecule has 1 aromatic rings. The van der Waals surface area contributed by atoms with Gasteiger partial charge in [0.2, 0.25) is 0 Å². The Morgan fingerprint density at radius 3 is 2.53 bits per heavy atom. The van der Waals surface area contributed by atoms with Crippen LogP contribution in [0, 0.1) is 5.92 Å². The molecule has 0 radical (unpaired) electrons. The Bertz CT molecular complexity index is 337. The summed E-state index contributed by atoms with van der Waals surface area (Å²) in [5, 5.41) is 3.14. The van der Waals surface area contributed by atoms with E-state index >= 15 is 0 Å². The molecular weight excluding hydrogens is 214 g/mol. The van der Waals surface area contributed by atoms with Gasteiger partial charge in [0.05, 0.1) is 5.92 Å². The number of hydrogen-bond donors (Lipinski definition) is 1. The summed E-state index contributed by atoms with van der Waals surface area (Å²) in [4.78, 5) is 11.8. The molecular formula is C14H21NO2. The van der Waals surface area contributed by atoms with Crippen LogP contribution in [0.5, 0.6) is 0 Å². The smallest absolute Gasteiger partial charge is 0.310 e. The van der Waals surface area contributed by atoms with Crippen molar-refractivity contribution >= 4 is 5.97 Å². The van der Waals surface area contributed by atoms with Crippen LogP contribution in [-0.4, -0.2) is 19.1 Å². The van der Waals surface area contributed by atoms with E-state index in [4.69, 9.17) is 4.74 Å². The first-order valence-corrected chi connectivity index (χ1v) is 6.11. The quantitative estimate of drug-likeness (QED) is 0.770. The Balaban J connectivity index is 2.46. The molecule has 0 spiro atoms.